The Bertz CT molecular complexity index is 309. The molecule has 1 atom stereocenters. The molecule has 1 unspecified atom stereocenters. The van der Waals surface area contributed by atoms with Crippen LogP contribution in [0, 0.1) is 0 Å². The highest BCUT2D eigenvalue weighted by molar-refractivity contribution is 7.98. The van der Waals surface area contributed by atoms with Gasteiger partial charge in [0, 0.05) is 10.9 Å². The van der Waals surface area contributed by atoms with Crippen LogP contribution in [0.1, 0.15) is 11.1 Å². The van der Waals surface area contributed by atoms with Gasteiger partial charge in [0.1, 0.15) is 0 Å². The standard InChI is InChI=1S/C11H15NS/c1-12-10-5-8-3-4-11(13-2)7-9(8)6-10/h3-4,7,10,12H,5-6H2,1-2H3. The minimum Gasteiger partial charge on any atom is -0.316 e. The summed E-state index contributed by atoms with van der Waals surface area (Å²) in [6, 6.07) is 7.49. The van der Waals surface area contributed by atoms with Gasteiger partial charge in [-0.25, -0.2) is 0 Å². The molecule has 0 aliphatic heterocycles. The SMILES string of the molecule is CNC1Cc2ccc(SC)cc2C1. The van der Waals surface area contributed by atoms with E-state index in [1.54, 1.807) is 0 Å². The van der Waals surface area contributed by atoms with Crippen molar-refractivity contribution in [1.82, 2.24) is 5.32 Å². The Balaban J connectivity index is 2.25. The molecule has 0 saturated carbocycles. The van der Waals surface area contributed by atoms with Crippen molar-refractivity contribution in [2.24, 2.45) is 0 Å². The monoisotopic (exact) mass is 193 g/mol. The van der Waals surface area contributed by atoms with Gasteiger partial charge in [-0.05, 0) is 49.4 Å². The molecule has 1 aliphatic rings. The van der Waals surface area contributed by atoms with Crippen LogP contribution >= 0.6 is 11.8 Å². The van der Waals surface area contributed by atoms with Gasteiger partial charge in [0.15, 0.2) is 0 Å². The third-order valence-electron chi connectivity index (χ3n) is 2.75. The van der Waals surface area contributed by atoms with E-state index in [0.717, 1.165) is 0 Å². The van der Waals surface area contributed by atoms with Gasteiger partial charge in [0.05, 0.1) is 0 Å². The lowest BCUT2D eigenvalue weighted by atomic mass is 10.1. The van der Waals surface area contributed by atoms with Gasteiger partial charge in [-0.15, -0.1) is 11.8 Å². The maximum absolute atomic E-state index is 3.34. The lowest BCUT2D eigenvalue weighted by Crippen LogP contribution is -2.24. The average Bonchev–Trinajstić information content (AvgIpc) is 2.58. The molecule has 0 fully saturated rings. The lowest BCUT2D eigenvalue weighted by Gasteiger charge is -2.04. The van der Waals surface area contributed by atoms with Crippen LogP contribution in [0.5, 0.6) is 0 Å². The normalized spacial score (nSPS) is 20.3. The van der Waals surface area contributed by atoms with Crippen molar-refractivity contribution >= 4 is 11.8 Å². The van der Waals surface area contributed by atoms with Crippen LogP contribution in [-0.2, 0) is 12.8 Å². The molecule has 0 radical (unpaired) electrons. The summed E-state index contributed by atoms with van der Waals surface area (Å²) in [5.41, 5.74) is 3.06. The van der Waals surface area contributed by atoms with E-state index in [4.69, 9.17) is 0 Å². The number of rotatable bonds is 2. The first-order valence-electron chi connectivity index (χ1n) is 4.66. The fourth-order valence-corrected chi connectivity index (χ4v) is 2.39. The van der Waals surface area contributed by atoms with E-state index < -0.39 is 0 Å². The maximum atomic E-state index is 3.34. The molecule has 1 aromatic carbocycles. The van der Waals surface area contributed by atoms with Gasteiger partial charge < -0.3 is 5.32 Å². The zero-order valence-electron chi connectivity index (χ0n) is 8.13. The molecule has 1 nitrogen and oxygen atoms in total. The smallest absolute Gasteiger partial charge is 0.0145 e. The highest BCUT2D eigenvalue weighted by atomic mass is 32.2. The molecule has 2 rings (SSSR count). The molecule has 1 aliphatic carbocycles. The first-order chi connectivity index (χ1) is 6.33. The Kier molecular flexibility index (Phi) is 2.61. The molecule has 0 aromatic heterocycles. The van der Waals surface area contributed by atoms with E-state index in [1.165, 1.54) is 28.9 Å². The lowest BCUT2D eigenvalue weighted by molar-refractivity contribution is 0.593. The number of hydrogen-bond donors (Lipinski definition) is 1. The zero-order valence-corrected chi connectivity index (χ0v) is 8.95. The molecule has 0 spiro atoms. The molecule has 0 saturated heterocycles. The molecule has 0 heterocycles. The number of fused-ring (bicyclic) bond motifs is 1. The number of thioether (sulfide) groups is 1. The van der Waals surface area contributed by atoms with Crippen LogP contribution < -0.4 is 5.32 Å². The third kappa shape index (κ3) is 1.74. The van der Waals surface area contributed by atoms with E-state index in [-0.39, 0.29) is 0 Å². The van der Waals surface area contributed by atoms with Crippen molar-refractivity contribution in [3.8, 4) is 0 Å². The molecule has 0 amide bonds. The Morgan fingerprint density at radius 1 is 1.31 bits per heavy atom. The largest absolute Gasteiger partial charge is 0.316 e. The Labute approximate surface area is 83.9 Å². The highest BCUT2D eigenvalue weighted by Crippen LogP contribution is 2.26. The van der Waals surface area contributed by atoms with E-state index >= 15 is 0 Å². The fourth-order valence-electron chi connectivity index (χ4n) is 1.93. The predicted octanol–water partition coefficient (Wildman–Crippen LogP) is 2.10. The zero-order chi connectivity index (χ0) is 9.26. The summed E-state index contributed by atoms with van der Waals surface area (Å²) >= 11 is 1.82. The first kappa shape index (κ1) is 9.10. The van der Waals surface area contributed by atoms with E-state index in [1.807, 2.05) is 18.8 Å². The van der Waals surface area contributed by atoms with Crippen molar-refractivity contribution in [3.05, 3.63) is 29.3 Å². The van der Waals surface area contributed by atoms with Crippen LogP contribution in [-0.4, -0.2) is 19.3 Å². The average molecular weight is 193 g/mol. The fraction of sp³-hybridized carbons (Fsp3) is 0.455. The molecule has 1 aromatic rings. The van der Waals surface area contributed by atoms with Gasteiger partial charge in [-0.3, -0.25) is 0 Å². The summed E-state index contributed by atoms with van der Waals surface area (Å²) in [7, 11) is 2.05. The van der Waals surface area contributed by atoms with E-state index in [0.29, 0.717) is 6.04 Å². The van der Waals surface area contributed by atoms with E-state index in [9.17, 15) is 0 Å². The summed E-state index contributed by atoms with van der Waals surface area (Å²) in [6.45, 7) is 0. The van der Waals surface area contributed by atoms with Gasteiger partial charge in [-0.1, -0.05) is 6.07 Å². The number of nitrogens with one attached hydrogen (secondary N) is 1. The Morgan fingerprint density at radius 2 is 2.08 bits per heavy atom. The van der Waals surface area contributed by atoms with Crippen LogP contribution in [0.15, 0.2) is 23.1 Å². The second-order valence-corrected chi connectivity index (χ2v) is 4.41. The summed E-state index contributed by atoms with van der Waals surface area (Å²) in [6.07, 6.45) is 4.52. The topological polar surface area (TPSA) is 12.0 Å². The molecule has 13 heavy (non-hydrogen) atoms. The number of likely N-dealkylation sites (N-methyl/N-ethyl adjacent to an activating group) is 1. The molecular weight excluding hydrogens is 178 g/mol. The second-order valence-electron chi connectivity index (χ2n) is 3.53. The van der Waals surface area contributed by atoms with Crippen molar-refractivity contribution in [2.75, 3.05) is 13.3 Å². The highest BCUT2D eigenvalue weighted by Gasteiger charge is 2.19. The van der Waals surface area contributed by atoms with Crippen LogP contribution in [0.25, 0.3) is 0 Å². The van der Waals surface area contributed by atoms with Gasteiger partial charge >= 0.3 is 0 Å². The third-order valence-corrected chi connectivity index (χ3v) is 3.48. The summed E-state index contributed by atoms with van der Waals surface area (Å²) in [4.78, 5) is 1.38. The quantitative estimate of drug-likeness (QED) is 0.722. The molecule has 1 N–H and O–H groups in total. The summed E-state index contributed by atoms with van der Waals surface area (Å²) in [5.74, 6) is 0. The molecule has 2 heteroatoms. The minimum atomic E-state index is 0.659. The predicted molar refractivity (Wildman–Crippen MR) is 58.5 cm³/mol. The van der Waals surface area contributed by atoms with Crippen molar-refractivity contribution in [2.45, 2.75) is 23.8 Å². The van der Waals surface area contributed by atoms with Crippen LogP contribution in [0.3, 0.4) is 0 Å². The van der Waals surface area contributed by atoms with Crippen LogP contribution in [0.4, 0.5) is 0 Å². The minimum absolute atomic E-state index is 0.659. The van der Waals surface area contributed by atoms with E-state index in [2.05, 4.69) is 29.8 Å². The Morgan fingerprint density at radius 3 is 2.77 bits per heavy atom. The van der Waals surface area contributed by atoms with Crippen molar-refractivity contribution in [3.63, 3.8) is 0 Å². The van der Waals surface area contributed by atoms with Crippen molar-refractivity contribution < 1.29 is 0 Å². The number of hydrogen-bond acceptors (Lipinski definition) is 2. The van der Waals surface area contributed by atoms with Gasteiger partial charge in [0.2, 0.25) is 0 Å². The van der Waals surface area contributed by atoms with Crippen LogP contribution in [0.2, 0.25) is 0 Å². The molecular formula is C11H15NS. The van der Waals surface area contributed by atoms with Gasteiger partial charge in [-0.2, -0.15) is 0 Å². The summed E-state index contributed by atoms with van der Waals surface area (Å²) < 4.78 is 0. The number of benzene rings is 1. The van der Waals surface area contributed by atoms with Crippen molar-refractivity contribution in [1.29, 1.82) is 0 Å². The molecule has 70 valence electrons. The summed E-state index contributed by atoms with van der Waals surface area (Å²) in [5, 5.41) is 3.34. The first-order valence-corrected chi connectivity index (χ1v) is 5.89. The second kappa shape index (κ2) is 3.72. The van der Waals surface area contributed by atoms with Gasteiger partial charge in [0.25, 0.3) is 0 Å². The molecule has 0 bridgehead atoms. The Hall–Kier alpha value is -0.470. The maximum Gasteiger partial charge on any atom is 0.0145 e.